The van der Waals surface area contributed by atoms with Crippen molar-refractivity contribution in [1.82, 2.24) is 4.98 Å². The van der Waals surface area contributed by atoms with Gasteiger partial charge in [0.05, 0.1) is 15.9 Å². The van der Waals surface area contributed by atoms with Crippen LogP contribution < -0.4 is 5.32 Å². The Balaban J connectivity index is 0.000000672. The van der Waals surface area contributed by atoms with E-state index in [1.165, 1.54) is 17.4 Å². The summed E-state index contributed by atoms with van der Waals surface area (Å²) in [5.41, 5.74) is 3.53. The summed E-state index contributed by atoms with van der Waals surface area (Å²) in [6, 6.07) is 18.1. The summed E-state index contributed by atoms with van der Waals surface area (Å²) in [6.45, 7) is 0. The fraction of sp³-hybridized carbons (Fsp3) is 0.192. The number of Topliss-reactive ketones (excluding diaryl/α,β-unsaturated/α-hetero) is 1. The van der Waals surface area contributed by atoms with Crippen LogP contribution in [0.15, 0.2) is 60.7 Å². The van der Waals surface area contributed by atoms with E-state index in [2.05, 4.69) is 10.3 Å². The van der Waals surface area contributed by atoms with Crippen LogP contribution in [0.4, 0.5) is 20.0 Å². The van der Waals surface area contributed by atoms with Crippen LogP contribution in [-0.4, -0.2) is 27.1 Å². The second-order valence-corrected chi connectivity index (χ2v) is 9.62. The van der Waals surface area contributed by atoms with E-state index >= 15 is 0 Å². The first kappa shape index (κ1) is 24.6. The quantitative estimate of drug-likeness (QED) is 0.234. The molecule has 1 saturated carbocycles. The first-order chi connectivity index (χ1) is 16.8. The van der Waals surface area contributed by atoms with Crippen LogP contribution in [0.5, 0.6) is 0 Å². The van der Waals surface area contributed by atoms with Gasteiger partial charge in [-0.2, -0.15) is 0 Å². The number of fused-ring (bicyclic) bond motifs is 1. The van der Waals surface area contributed by atoms with Crippen LogP contribution in [0, 0.1) is 11.7 Å². The van der Waals surface area contributed by atoms with Crippen LogP contribution in [-0.2, 0) is 0 Å². The van der Waals surface area contributed by atoms with Crippen molar-refractivity contribution >= 4 is 55.9 Å². The lowest BCUT2D eigenvalue weighted by Gasteiger charge is -2.10. The number of hydrogen-bond donors (Lipinski definition) is 3. The molecule has 4 aromatic rings. The number of carbonyl (C=O) groups excluding carboxylic acids is 1. The van der Waals surface area contributed by atoms with Crippen LogP contribution in [0.25, 0.3) is 21.3 Å². The molecule has 0 bridgehead atoms. The molecule has 1 aromatic heterocycles. The number of hydrogen-bond acceptors (Lipinski definition) is 5. The molecule has 0 unspecified atom stereocenters. The Hall–Kier alpha value is -3.49. The molecule has 3 aromatic carbocycles. The largest absolute Gasteiger partial charge is 0.503 e. The third-order valence-corrected chi connectivity index (χ3v) is 6.98. The summed E-state index contributed by atoms with van der Waals surface area (Å²) < 4.78 is 15.8. The molecule has 0 radical (unpaired) electrons. The van der Waals surface area contributed by atoms with Crippen LogP contribution in [0.3, 0.4) is 0 Å². The average Bonchev–Trinajstić information content (AvgIpc) is 3.49. The third kappa shape index (κ3) is 6.15. The van der Waals surface area contributed by atoms with E-state index in [1.54, 1.807) is 12.1 Å². The van der Waals surface area contributed by atoms with E-state index in [0.717, 1.165) is 52.6 Å². The molecule has 1 aliphatic rings. The second kappa shape index (κ2) is 10.8. The number of nitrogens with zero attached hydrogens (tertiary/aromatic N) is 1. The molecule has 1 aliphatic carbocycles. The van der Waals surface area contributed by atoms with Crippen molar-refractivity contribution in [3.8, 4) is 11.1 Å². The first-order valence-corrected chi connectivity index (χ1v) is 12.2. The fourth-order valence-corrected chi connectivity index (χ4v) is 5.14. The maximum atomic E-state index is 14.8. The number of halogens is 2. The molecule has 1 heterocycles. The zero-order valence-corrected chi connectivity index (χ0v) is 20.1. The summed E-state index contributed by atoms with van der Waals surface area (Å²) >= 11 is 7.46. The number of rotatable bonds is 5. The number of anilines is 2. The molecule has 6 nitrogen and oxygen atoms in total. The van der Waals surface area contributed by atoms with Gasteiger partial charge in [-0.05, 0) is 54.3 Å². The molecule has 180 valence electrons. The second-order valence-electron chi connectivity index (χ2n) is 8.16. The predicted molar refractivity (Wildman–Crippen MR) is 137 cm³/mol. The van der Waals surface area contributed by atoms with Crippen molar-refractivity contribution < 1.29 is 24.2 Å². The maximum Gasteiger partial charge on any atom is 0.503 e. The highest BCUT2D eigenvalue weighted by atomic mass is 35.5. The van der Waals surface area contributed by atoms with Gasteiger partial charge in [-0.3, -0.25) is 4.79 Å². The molecule has 0 saturated heterocycles. The van der Waals surface area contributed by atoms with Crippen molar-refractivity contribution in [2.75, 3.05) is 5.32 Å². The smallest absolute Gasteiger partial charge is 0.450 e. The maximum absolute atomic E-state index is 14.8. The Morgan fingerprint density at radius 3 is 2.29 bits per heavy atom. The first-order valence-electron chi connectivity index (χ1n) is 11.0. The highest BCUT2D eigenvalue weighted by molar-refractivity contribution is 7.22. The van der Waals surface area contributed by atoms with Crippen LogP contribution in [0.2, 0.25) is 5.02 Å². The fourth-order valence-electron chi connectivity index (χ4n) is 4.12. The number of benzene rings is 3. The molecule has 0 atom stereocenters. The highest BCUT2D eigenvalue weighted by Gasteiger charge is 2.23. The van der Waals surface area contributed by atoms with Gasteiger partial charge in [0.2, 0.25) is 0 Å². The van der Waals surface area contributed by atoms with Crippen molar-refractivity contribution in [2.24, 2.45) is 5.92 Å². The summed E-state index contributed by atoms with van der Waals surface area (Å²) in [7, 11) is 0. The van der Waals surface area contributed by atoms with E-state index in [0.29, 0.717) is 15.8 Å². The zero-order chi connectivity index (χ0) is 24.9. The lowest BCUT2D eigenvalue weighted by molar-refractivity contribution is 0.0922. The molecular weight excluding hydrogens is 491 g/mol. The van der Waals surface area contributed by atoms with Gasteiger partial charge in [-0.15, -0.1) is 0 Å². The monoisotopic (exact) mass is 512 g/mol. The van der Waals surface area contributed by atoms with Gasteiger partial charge < -0.3 is 15.5 Å². The van der Waals surface area contributed by atoms with Gasteiger partial charge in [0.15, 0.2) is 10.9 Å². The van der Waals surface area contributed by atoms with E-state index in [1.807, 2.05) is 42.5 Å². The van der Waals surface area contributed by atoms with Crippen LogP contribution >= 0.6 is 22.9 Å². The Labute approximate surface area is 210 Å². The van der Waals surface area contributed by atoms with E-state index in [4.69, 9.17) is 26.6 Å². The number of aromatic nitrogens is 1. The lowest BCUT2D eigenvalue weighted by atomic mass is 9.94. The number of thiazole rings is 1. The molecule has 0 amide bonds. The zero-order valence-electron chi connectivity index (χ0n) is 18.5. The van der Waals surface area contributed by atoms with E-state index in [-0.39, 0.29) is 17.5 Å². The minimum Gasteiger partial charge on any atom is -0.450 e. The number of carbonyl (C=O) groups is 2. The molecular formula is C26H22ClFN2O4S. The van der Waals surface area contributed by atoms with Gasteiger partial charge in [0.1, 0.15) is 5.82 Å². The standard InChI is InChI=1S/C25H20ClFN2OS.CH2O3/c26-19-10-12-23-22(14-19)29-25(31-23)28-21-11-9-18(13-20(21)27)15-5-7-17(8-6-15)24(30)16-3-1-2-4-16;2-1(3)4/h5-14,16H,1-4H2,(H,28,29);(H2,2,3,4). The van der Waals surface area contributed by atoms with Gasteiger partial charge >= 0.3 is 6.16 Å². The van der Waals surface area contributed by atoms with E-state index in [9.17, 15) is 9.18 Å². The Kier molecular flexibility index (Phi) is 7.63. The molecule has 9 heteroatoms. The Morgan fingerprint density at radius 2 is 1.63 bits per heavy atom. The van der Waals surface area contributed by atoms with Crippen LogP contribution in [0.1, 0.15) is 36.0 Å². The predicted octanol–water partition coefficient (Wildman–Crippen LogP) is 8.09. The Morgan fingerprint density at radius 1 is 0.971 bits per heavy atom. The molecule has 3 N–H and O–H groups in total. The van der Waals surface area contributed by atoms with Gasteiger partial charge in [-0.1, -0.05) is 66.1 Å². The number of carboxylic acid groups (broad SMARTS) is 2. The van der Waals surface area contributed by atoms with Crippen molar-refractivity contribution in [1.29, 1.82) is 0 Å². The minimum atomic E-state index is -1.83. The molecule has 0 spiro atoms. The average molecular weight is 513 g/mol. The number of nitrogens with one attached hydrogen (secondary N) is 1. The molecule has 35 heavy (non-hydrogen) atoms. The van der Waals surface area contributed by atoms with Crippen molar-refractivity contribution in [2.45, 2.75) is 25.7 Å². The molecule has 5 rings (SSSR count). The molecule has 0 aliphatic heterocycles. The van der Waals surface area contributed by atoms with Gasteiger partial charge in [0.25, 0.3) is 0 Å². The topological polar surface area (TPSA) is 99.5 Å². The Bertz CT molecular complexity index is 1360. The summed E-state index contributed by atoms with van der Waals surface area (Å²) in [5, 5.41) is 18.2. The lowest BCUT2D eigenvalue weighted by Crippen LogP contribution is -2.10. The summed E-state index contributed by atoms with van der Waals surface area (Å²) in [4.78, 5) is 25.6. The number of ketones is 1. The van der Waals surface area contributed by atoms with E-state index < -0.39 is 6.16 Å². The SMILES string of the molecule is O=C(O)O.O=C(c1ccc(-c2ccc(Nc3nc4cc(Cl)ccc4s3)c(F)c2)cc1)C1CCCC1. The summed E-state index contributed by atoms with van der Waals surface area (Å²) in [5.74, 6) is 0.0278. The van der Waals surface area contributed by atoms with Gasteiger partial charge in [-0.25, -0.2) is 14.2 Å². The normalized spacial score (nSPS) is 13.3. The summed E-state index contributed by atoms with van der Waals surface area (Å²) in [6.07, 6.45) is 2.42. The highest BCUT2D eigenvalue weighted by Crippen LogP contribution is 2.33. The van der Waals surface area contributed by atoms with Crippen molar-refractivity contribution in [3.63, 3.8) is 0 Å². The third-order valence-electron chi connectivity index (χ3n) is 5.79. The van der Waals surface area contributed by atoms with Crippen molar-refractivity contribution in [3.05, 3.63) is 77.1 Å². The minimum absolute atomic E-state index is 0.159. The van der Waals surface area contributed by atoms with Gasteiger partial charge in [0, 0.05) is 16.5 Å². The molecule has 1 fully saturated rings.